The molecule has 6 heteroatoms. The molecule has 0 aliphatic rings. The third kappa shape index (κ3) is 3.39. The third-order valence-corrected chi connectivity index (χ3v) is 1.38. The van der Waals surface area contributed by atoms with E-state index in [0.29, 0.717) is 31.6 Å². The number of nitrogens with zero attached hydrogens (tertiary/aromatic N) is 2. The number of anilines is 1. The first kappa shape index (κ1) is 9.94. The van der Waals surface area contributed by atoms with Crippen LogP contribution in [0.2, 0.25) is 0 Å². The molecule has 1 rings (SSSR count). The summed E-state index contributed by atoms with van der Waals surface area (Å²) in [5.41, 5.74) is 0. The minimum Gasteiger partial charge on any atom is -0.407 e. The lowest BCUT2D eigenvalue weighted by Gasteiger charge is -1.98. The van der Waals surface area contributed by atoms with Gasteiger partial charge in [0.1, 0.15) is 0 Å². The van der Waals surface area contributed by atoms with Crippen LogP contribution in [-0.4, -0.2) is 37.5 Å². The van der Waals surface area contributed by atoms with Crippen molar-refractivity contribution in [3.63, 3.8) is 0 Å². The van der Waals surface area contributed by atoms with Gasteiger partial charge in [0.05, 0.1) is 13.2 Å². The van der Waals surface area contributed by atoms with E-state index >= 15 is 0 Å². The molecule has 1 aromatic heterocycles. The van der Waals surface area contributed by atoms with Gasteiger partial charge in [-0.2, -0.15) is 0 Å². The molecule has 0 unspecified atom stereocenters. The van der Waals surface area contributed by atoms with Crippen molar-refractivity contribution in [1.82, 2.24) is 15.5 Å². The van der Waals surface area contributed by atoms with Crippen LogP contribution in [0.4, 0.5) is 6.01 Å². The van der Waals surface area contributed by atoms with Gasteiger partial charge >= 0.3 is 6.01 Å². The Kier molecular flexibility index (Phi) is 4.20. The highest BCUT2D eigenvalue weighted by Crippen LogP contribution is 2.03. The molecular formula is C7H14N4O2. The van der Waals surface area contributed by atoms with Crippen LogP contribution < -0.4 is 10.6 Å². The van der Waals surface area contributed by atoms with E-state index in [2.05, 4.69) is 20.8 Å². The minimum atomic E-state index is 0.433. The van der Waals surface area contributed by atoms with Crippen LogP contribution in [0.5, 0.6) is 0 Å². The third-order valence-electron chi connectivity index (χ3n) is 1.38. The molecule has 0 spiro atoms. The summed E-state index contributed by atoms with van der Waals surface area (Å²) in [4.78, 5) is 0. The van der Waals surface area contributed by atoms with Gasteiger partial charge in [-0.3, -0.25) is 0 Å². The van der Waals surface area contributed by atoms with Gasteiger partial charge in [0.25, 0.3) is 0 Å². The van der Waals surface area contributed by atoms with E-state index in [4.69, 9.17) is 9.15 Å². The van der Waals surface area contributed by atoms with Crippen molar-refractivity contribution in [1.29, 1.82) is 0 Å². The maximum atomic E-state index is 5.22. The smallest absolute Gasteiger partial charge is 0.315 e. The number of methoxy groups -OCH3 is 1. The maximum Gasteiger partial charge on any atom is 0.315 e. The van der Waals surface area contributed by atoms with Gasteiger partial charge < -0.3 is 19.8 Å². The molecule has 0 saturated carbocycles. The van der Waals surface area contributed by atoms with E-state index in [9.17, 15) is 0 Å². The lowest BCUT2D eigenvalue weighted by atomic mass is 10.6. The lowest BCUT2D eigenvalue weighted by molar-refractivity contribution is 0.210. The summed E-state index contributed by atoms with van der Waals surface area (Å²) >= 11 is 0. The second-order valence-corrected chi connectivity index (χ2v) is 2.45. The van der Waals surface area contributed by atoms with Crippen LogP contribution in [0.25, 0.3) is 0 Å². The Balaban J connectivity index is 2.31. The fraction of sp³-hybridized carbons (Fsp3) is 0.714. The molecule has 0 aliphatic carbocycles. The topological polar surface area (TPSA) is 72.2 Å². The molecule has 0 aliphatic heterocycles. The first-order valence-electron chi connectivity index (χ1n) is 4.06. The highest BCUT2D eigenvalue weighted by molar-refractivity contribution is 5.16. The molecule has 0 fully saturated rings. The monoisotopic (exact) mass is 186 g/mol. The summed E-state index contributed by atoms with van der Waals surface area (Å²) in [6.45, 7) is 1.86. The molecule has 1 aromatic rings. The average Bonchev–Trinajstić information content (AvgIpc) is 2.54. The average molecular weight is 186 g/mol. The van der Waals surface area contributed by atoms with Gasteiger partial charge in [-0.15, -0.1) is 5.10 Å². The maximum absolute atomic E-state index is 5.22. The van der Waals surface area contributed by atoms with E-state index in [-0.39, 0.29) is 0 Å². The van der Waals surface area contributed by atoms with Gasteiger partial charge in [-0.1, -0.05) is 5.10 Å². The quantitative estimate of drug-likeness (QED) is 0.602. The van der Waals surface area contributed by atoms with Crippen molar-refractivity contribution in [3.05, 3.63) is 5.89 Å². The molecule has 0 atom stereocenters. The molecule has 0 bridgehead atoms. The summed E-state index contributed by atoms with van der Waals surface area (Å²) in [5, 5.41) is 13.4. The molecule has 13 heavy (non-hydrogen) atoms. The molecule has 0 aromatic carbocycles. The predicted molar refractivity (Wildman–Crippen MR) is 47.4 cm³/mol. The zero-order valence-electron chi connectivity index (χ0n) is 7.83. The van der Waals surface area contributed by atoms with Crippen molar-refractivity contribution < 1.29 is 9.15 Å². The standard InChI is InChI=1S/C7H14N4O2/c1-8-5-6-10-11-7(13-6)9-3-4-12-2/h8H,3-5H2,1-2H3,(H,9,11). The fourth-order valence-electron chi connectivity index (χ4n) is 0.808. The minimum absolute atomic E-state index is 0.433. The highest BCUT2D eigenvalue weighted by atomic mass is 16.5. The number of hydrogen-bond acceptors (Lipinski definition) is 6. The van der Waals surface area contributed by atoms with Crippen molar-refractivity contribution in [2.45, 2.75) is 6.54 Å². The van der Waals surface area contributed by atoms with Crippen LogP contribution in [-0.2, 0) is 11.3 Å². The van der Waals surface area contributed by atoms with Gasteiger partial charge in [-0.25, -0.2) is 0 Å². The van der Waals surface area contributed by atoms with E-state index in [0.717, 1.165) is 0 Å². The van der Waals surface area contributed by atoms with Crippen molar-refractivity contribution >= 4 is 6.01 Å². The zero-order valence-corrected chi connectivity index (χ0v) is 7.83. The van der Waals surface area contributed by atoms with E-state index in [1.807, 2.05) is 7.05 Å². The summed E-state index contributed by atoms with van der Waals surface area (Å²) in [6.07, 6.45) is 0. The molecule has 6 nitrogen and oxygen atoms in total. The van der Waals surface area contributed by atoms with Gasteiger partial charge in [-0.05, 0) is 7.05 Å². The van der Waals surface area contributed by atoms with E-state index < -0.39 is 0 Å². The SMILES string of the molecule is CNCc1nnc(NCCOC)o1. The largest absolute Gasteiger partial charge is 0.407 e. The van der Waals surface area contributed by atoms with E-state index in [1.165, 1.54) is 0 Å². The summed E-state index contributed by atoms with van der Waals surface area (Å²) in [5.74, 6) is 0.572. The number of nitrogens with one attached hydrogen (secondary N) is 2. The normalized spacial score (nSPS) is 10.3. The molecule has 74 valence electrons. The Labute approximate surface area is 76.7 Å². The zero-order chi connectivity index (χ0) is 9.52. The number of rotatable bonds is 6. The Morgan fingerprint density at radius 2 is 2.31 bits per heavy atom. The summed E-state index contributed by atoms with van der Waals surface area (Å²) in [7, 11) is 3.46. The van der Waals surface area contributed by atoms with Crippen LogP contribution in [0.15, 0.2) is 4.42 Å². The second kappa shape index (κ2) is 5.50. The van der Waals surface area contributed by atoms with Gasteiger partial charge in [0.15, 0.2) is 0 Å². The van der Waals surface area contributed by atoms with Crippen LogP contribution in [0.1, 0.15) is 5.89 Å². The van der Waals surface area contributed by atoms with Crippen molar-refractivity contribution in [2.24, 2.45) is 0 Å². The van der Waals surface area contributed by atoms with Crippen molar-refractivity contribution in [2.75, 3.05) is 32.6 Å². The molecule has 1 heterocycles. The van der Waals surface area contributed by atoms with Crippen LogP contribution in [0, 0.1) is 0 Å². The predicted octanol–water partition coefficient (Wildman–Crippen LogP) is -0.153. The Bertz CT molecular complexity index is 238. The van der Waals surface area contributed by atoms with E-state index in [1.54, 1.807) is 7.11 Å². The van der Waals surface area contributed by atoms with Crippen LogP contribution >= 0.6 is 0 Å². The van der Waals surface area contributed by atoms with Gasteiger partial charge in [0.2, 0.25) is 5.89 Å². The molecule has 0 amide bonds. The lowest BCUT2D eigenvalue weighted by Crippen LogP contribution is -2.07. The molecule has 2 N–H and O–H groups in total. The molecular weight excluding hydrogens is 172 g/mol. The fourth-order valence-corrected chi connectivity index (χ4v) is 0.808. The number of hydrogen-bond donors (Lipinski definition) is 2. The Hall–Kier alpha value is -1.14. The second-order valence-electron chi connectivity index (χ2n) is 2.45. The van der Waals surface area contributed by atoms with Crippen molar-refractivity contribution in [3.8, 4) is 0 Å². The summed E-state index contributed by atoms with van der Waals surface area (Å²) in [6, 6.07) is 0.433. The van der Waals surface area contributed by atoms with Crippen LogP contribution in [0.3, 0.4) is 0 Å². The first-order chi connectivity index (χ1) is 6.36. The first-order valence-corrected chi connectivity index (χ1v) is 4.06. The summed E-state index contributed by atoms with van der Waals surface area (Å²) < 4.78 is 10.1. The van der Waals surface area contributed by atoms with Gasteiger partial charge in [0, 0.05) is 13.7 Å². The highest BCUT2D eigenvalue weighted by Gasteiger charge is 2.02. The Morgan fingerprint density at radius 3 is 3.00 bits per heavy atom. The Morgan fingerprint density at radius 1 is 1.46 bits per heavy atom. The number of ether oxygens (including phenoxy) is 1. The molecule has 0 saturated heterocycles. The molecule has 0 radical (unpaired) electrons. The number of aromatic nitrogens is 2.